The van der Waals surface area contributed by atoms with Gasteiger partial charge in [-0.25, -0.2) is 4.98 Å². The minimum Gasteiger partial charge on any atom is -0.502 e. The van der Waals surface area contributed by atoms with Crippen molar-refractivity contribution in [2.75, 3.05) is 14.2 Å². The molecule has 0 saturated heterocycles. The summed E-state index contributed by atoms with van der Waals surface area (Å²) in [7, 11) is 3.04. The van der Waals surface area contributed by atoms with E-state index in [0.717, 1.165) is 21.3 Å². The second kappa shape index (κ2) is 5.02. The van der Waals surface area contributed by atoms with E-state index in [1.807, 2.05) is 29.8 Å². The normalized spacial score (nSPS) is 10.7. The van der Waals surface area contributed by atoms with E-state index >= 15 is 0 Å². The molecule has 20 heavy (non-hydrogen) atoms. The van der Waals surface area contributed by atoms with Crippen molar-refractivity contribution >= 4 is 21.6 Å². The number of ether oxygens (including phenoxy) is 2. The Hall–Kier alpha value is -2.27. The Balaban J connectivity index is 2.20. The highest BCUT2D eigenvalue weighted by atomic mass is 32.1. The van der Waals surface area contributed by atoms with Gasteiger partial charge in [0, 0.05) is 5.56 Å². The summed E-state index contributed by atoms with van der Waals surface area (Å²) in [6.07, 6.45) is 0. The quantitative estimate of drug-likeness (QED) is 0.798. The van der Waals surface area contributed by atoms with Gasteiger partial charge in [-0.1, -0.05) is 6.07 Å². The minimum absolute atomic E-state index is 0.0110. The van der Waals surface area contributed by atoms with Crippen LogP contribution in [0.2, 0.25) is 0 Å². The van der Waals surface area contributed by atoms with Gasteiger partial charge in [-0.15, -0.1) is 11.3 Å². The topological polar surface area (TPSA) is 51.6 Å². The Bertz CT molecular complexity index is 767. The summed E-state index contributed by atoms with van der Waals surface area (Å²) in [4.78, 5) is 4.26. The van der Waals surface area contributed by atoms with Crippen LogP contribution in [0.15, 0.2) is 35.8 Å². The molecule has 0 amide bonds. The largest absolute Gasteiger partial charge is 0.502 e. The summed E-state index contributed by atoms with van der Waals surface area (Å²) < 4.78 is 11.5. The Kier molecular flexibility index (Phi) is 3.20. The van der Waals surface area contributed by atoms with Gasteiger partial charge in [0.25, 0.3) is 0 Å². The molecular formula is C15H13NO3S. The fourth-order valence-electron chi connectivity index (χ4n) is 2.17. The van der Waals surface area contributed by atoms with Crippen molar-refractivity contribution in [2.24, 2.45) is 0 Å². The number of methoxy groups -OCH3 is 2. The molecule has 0 atom stereocenters. The molecule has 1 N–H and O–H groups in total. The first-order chi connectivity index (χ1) is 9.74. The van der Waals surface area contributed by atoms with Crippen LogP contribution in [0.3, 0.4) is 0 Å². The summed E-state index contributed by atoms with van der Waals surface area (Å²) >= 11 is 1.58. The van der Waals surface area contributed by atoms with E-state index in [9.17, 15) is 5.11 Å². The maximum absolute atomic E-state index is 10.1. The number of nitrogens with zero attached hydrogens (tertiary/aromatic N) is 1. The molecule has 0 radical (unpaired) electrons. The van der Waals surface area contributed by atoms with Gasteiger partial charge in [-0.3, -0.25) is 0 Å². The average molecular weight is 287 g/mol. The highest BCUT2D eigenvalue weighted by molar-refractivity contribution is 7.16. The maximum atomic E-state index is 10.1. The Morgan fingerprint density at radius 1 is 1.10 bits per heavy atom. The highest BCUT2D eigenvalue weighted by Crippen LogP contribution is 2.43. The summed E-state index contributed by atoms with van der Waals surface area (Å²) in [5, 5.41) is 10.1. The van der Waals surface area contributed by atoms with Gasteiger partial charge in [0.05, 0.1) is 29.9 Å². The van der Waals surface area contributed by atoms with Crippen molar-refractivity contribution in [3.63, 3.8) is 0 Å². The molecule has 102 valence electrons. The van der Waals surface area contributed by atoms with Crippen LogP contribution in [-0.4, -0.2) is 24.3 Å². The third kappa shape index (κ3) is 1.96. The number of thiazole rings is 1. The molecular weight excluding hydrogens is 274 g/mol. The van der Waals surface area contributed by atoms with Crippen molar-refractivity contribution in [3.8, 4) is 28.4 Å². The SMILES string of the molecule is COc1ccc(-c2ccc3ncsc3c2)c(OC)c1O. The van der Waals surface area contributed by atoms with Gasteiger partial charge in [-0.2, -0.15) is 0 Å². The zero-order chi connectivity index (χ0) is 14.1. The van der Waals surface area contributed by atoms with E-state index in [4.69, 9.17) is 9.47 Å². The number of fused-ring (bicyclic) bond motifs is 1. The molecule has 3 rings (SSSR count). The molecule has 0 aliphatic rings. The molecule has 0 aliphatic heterocycles. The summed E-state index contributed by atoms with van der Waals surface area (Å²) in [6.45, 7) is 0. The Morgan fingerprint density at radius 3 is 2.70 bits per heavy atom. The zero-order valence-electron chi connectivity index (χ0n) is 11.1. The van der Waals surface area contributed by atoms with E-state index < -0.39 is 0 Å². The van der Waals surface area contributed by atoms with Gasteiger partial charge in [0.15, 0.2) is 11.5 Å². The number of hydrogen-bond donors (Lipinski definition) is 1. The van der Waals surface area contributed by atoms with E-state index in [2.05, 4.69) is 4.98 Å². The van der Waals surface area contributed by atoms with Crippen molar-refractivity contribution < 1.29 is 14.6 Å². The lowest BCUT2D eigenvalue weighted by atomic mass is 10.0. The van der Waals surface area contributed by atoms with E-state index in [1.54, 1.807) is 17.4 Å². The van der Waals surface area contributed by atoms with Crippen LogP contribution in [0.4, 0.5) is 0 Å². The van der Waals surface area contributed by atoms with Crippen molar-refractivity contribution in [3.05, 3.63) is 35.8 Å². The summed E-state index contributed by atoms with van der Waals surface area (Å²) in [6, 6.07) is 9.56. The smallest absolute Gasteiger partial charge is 0.201 e. The maximum Gasteiger partial charge on any atom is 0.201 e. The van der Waals surface area contributed by atoms with Crippen LogP contribution < -0.4 is 9.47 Å². The Labute approximate surface area is 120 Å². The monoisotopic (exact) mass is 287 g/mol. The van der Waals surface area contributed by atoms with E-state index in [-0.39, 0.29) is 5.75 Å². The first kappa shape index (κ1) is 12.7. The van der Waals surface area contributed by atoms with Crippen LogP contribution in [0.1, 0.15) is 0 Å². The number of hydrogen-bond acceptors (Lipinski definition) is 5. The molecule has 1 aromatic heterocycles. The van der Waals surface area contributed by atoms with Crippen LogP contribution in [-0.2, 0) is 0 Å². The second-order valence-electron chi connectivity index (χ2n) is 4.23. The van der Waals surface area contributed by atoms with Crippen LogP contribution >= 0.6 is 11.3 Å². The lowest BCUT2D eigenvalue weighted by Crippen LogP contribution is -1.92. The fraction of sp³-hybridized carbons (Fsp3) is 0.133. The number of aromatic nitrogens is 1. The summed E-state index contributed by atoms with van der Waals surface area (Å²) in [5.41, 5.74) is 4.57. The van der Waals surface area contributed by atoms with Crippen LogP contribution in [0.5, 0.6) is 17.2 Å². The minimum atomic E-state index is 0.0110. The number of benzene rings is 2. The molecule has 3 aromatic rings. The number of phenolic OH excluding ortho intramolecular Hbond substituents is 1. The van der Waals surface area contributed by atoms with Crippen LogP contribution in [0.25, 0.3) is 21.3 Å². The predicted octanol–water partition coefficient (Wildman–Crippen LogP) is 3.69. The predicted molar refractivity (Wildman–Crippen MR) is 79.8 cm³/mol. The molecule has 0 fully saturated rings. The molecule has 0 aliphatic carbocycles. The first-order valence-corrected chi connectivity index (χ1v) is 6.90. The zero-order valence-corrected chi connectivity index (χ0v) is 11.9. The van der Waals surface area contributed by atoms with Gasteiger partial charge < -0.3 is 14.6 Å². The van der Waals surface area contributed by atoms with E-state index in [0.29, 0.717) is 11.5 Å². The van der Waals surface area contributed by atoms with E-state index in [1.165, 1.54) is 14.2 Å². The summed E-state index contributed by atoms with van der Waals surface area (Å²) in [5.74, 6) is 0.814. The van der Waals surface area contributed by atoms with Gasteiger partial charge in [0.2, 0.25) is 5.75 Å². The second-order valence-corrected chi connectivity index (χ2v) is 5.12. The molecule has 4 nitrogen and oxygen atoms in total. The third-order valence-corrected chi connectivity index (χ3v) is 3.95. The molecule has 5 heteroatoms. The fourth-order valence-corrected chi connectivity index (χ4v) is 2.89. The number of aromatic hydroxyl groups is 1. The standard InChI is InChI=1S/C15H13NO3S/c1-18-12-6-4-10(15(19-2)14(12)17)9-3-5-11-13(7-9)20-8-16-11/h3-8,17H,1-2H3. The van der Waals surface area contributed by atoms with Gasteiger partial charge in [0.1, 0.15) is 0 Å². The Morgan fingerprint density at radius 2 is 1.95 bits per heavy atom. The van der Waals surface area contributed by atoms with Crippen molar-refractivity contribution in [1.82, 2.24) is 4.98 Å². The lowest BCUT2D eigenvalue weighted by Gasteiger charge is -2.13. The third-order valence-electron chi connectivity index (χ3n) is 3.16. The van der Waals surface area contributed by atoms with Crippen molar-refractivity contribution in [2.45, 2.75) is 0 Å². The lowest BCUT2D eigenvalue weighted by molar-refractivity contribution is 0.341. The number of phenols is 1. The highest BCUT2D eigenvalue weighted by Gasteiger charge is 2.15. The van der Waals surface area contributed by atoms with Gasteiger partial charge in [-0.05, 0) is 29.8 Å². The molecule has 0 spiro atoms. The van der Waals surface area contributed by atoms with Crippen molar-refractivity contribution in [1.29, 1.82) is 0 Å². The first-order valence-electron chi connectivity index (χ1n) is 6.02. The molecule has 0 bridgehead atoms. The van der Waals surface area contributed by atoms with Crippen LogP contribution in [0, 0.1) is 0 Å². The molecule has 0 saturated carbocycles. The molecule has 2 aromatic carbocycles. The molecule has 1 heterocycles. The average Bonchev–Trinajstić information content (AvgIpc) is 2.94. The van der Waals surface area contributed by atoms with Gasteiger partial charge >= 0.3 is 0 Å². The molecule has 0 unspecified atom stereocenters. The number of rotatable bonds is 3.